The maximum Gasteiger partial charge on any atom is 0.264 e. The van der Waals surface area contributed by atoms with Gasteiger partial charge in [0.2, 0.25) is 0 Å². The van der Waals surface area contributed by atoms with Gasteiger partial charge >= 0.3 is 0 Å². The Bertz CT molecular complexity index is 478. The van der Waals surface area contributed by atoms with Gasteiger partial charge in [-0.05, 0) is 12.1 Å². The molecule has 16 heavy (non-hydrogen) atoms. The molecule has 1 rings (SSSR count). The maximum atomic E-state index is 11.6. The van der Waals surface area contributed by atoms with E-state index in [1.807, 2.05) is 0 Å². The SMILES string of the molecule is COc1ccccc1C(=O)COS(C)(=O)=O. The van der Waals surface area contributed by atoms with Crippen LogP contribution in [0.1, 0.15) is 10.4 Å². The molecule has 1 aromatic rings. The van der Waals surface area contributed by atoms with Crippen LogP contribution in [0.3, 0.4) is 0 Å². The van der Waals surface area contributed by atoms with Gasteiger partial charge in [-0.25, -0.2) is 0 Å². The molecule has 6 heteroatoms. The second-order valence-corrected chi connectivity index (χ2v) is 4.73. The zero-order valence-electron chi connectivity index (χ0n) is 8.97. The van der Waals surface area contributed by atoms with Crippen LogP contribution in [0.25, 0.3) is 0 Å². The molecule has 0 heterocycles. The second-order valence-electron chi connectivity index (χ2n) is 3.09. The number of benzene rings is 1. The Kier molecular flexibility index (Phi) is 4.03. The quantitative estimate of drug-likeness (QED) is 0.567. The van der Waals surface area contributed by atoms with E-state index >= 15 is 0 Å². The van der Waals surface area contributed by atoms with Crippen molar-refractivity contribution in [1.29, 1.82) is 0 Å². The van der Waals surface area contributed by atoms with E-state index in [4.69, 9.17) is 4.74 Å². The van der Waals surface area contributed by atoms with Gasteiger partial charge in [0.05, 0.1) is 18.9 Å². The Hall–Kier alpha value is -1.40. The Balaban J connectivity index is 2.81. The average molecular weight is 244 g/mol. The lowest BCUT2D eigenvalue weighted by Gasteiger charge is -2.06. The van der Waals surface area contributed by atoms with Crippen LogP contribution in [0.15, 0.2) is 24.3 Å². The highest BCUT2D eigenvalue weighted by Gasteiger charge is 2.14. The van der Waals surface area contributed by atoms with E-state index in [0.29, 0.717) is 11.3 Å². The molecule has 0 bridgehead atoms. The highest BCUT2D eigenvalue weighted by Crippen LogP contribution is 2.17. The predicted octanol–water partition coefficient (Wildman–Crippen LogP) is 0.854. The summed E-state index contributed by atoms with van der Waals surface area (Å²) in [5.74, 6) is -0.0486. The van der Waals surface area contributed by atoms with E-state index in [-0.39, 0.29) is 0 Å². The van der Waals surface area contributed by atoms with Crippen LogP contribution >= 0.6 is 0 Å². The lowest BCUT2D eigenvalue weighted by Crippen LogP contribution is -2.14. The molecule has 0 atom stereocenters. The molecule has 0 aromatic heterocycles. The van der Waals surface area contributed by atoms with Gasteiger partial charge < -0.3 is 4.74 Å². The molecular formula is C10H12O5S. The first kappa shape index (κ1) is 12.7. The average Bonchev–Trinajstić information content (AvgIpc) is 2.25. The summed E-state index contributed by atoms with van der Waals surface area (Å²) in [5.41, 5.74) is 0.300. The second kappa shape index (κ2) is 5.09. The van der Waals surface area contributed by atoms with Crippen molar-refractivity contribution in [2.24, 2.45) is 0 Å². The van der Waals surface area contributed by atoms with Crippen LogP contribution in [0, 0.1) is 0 Å². The monoisotopic (exact) mass is 244 g/mol. The first-order chi connectivity index (χ1) is 7.44. The zero-order valence-corrected chi connectivity index (χ0v) is 9.78. The van der Waals surface area contributed by atoms with Gasteiger partial charge in [0, 0.05) is 0 Å². The third-order valence-electron chi connectivity index (χ3n) is 1.81. The largest absolute Gasteiger partial charge is 0.496 e. The normalized spacial score (nSPS) is 11.1. The highest BCUT2D eigenvalue weighted by atomic mass is 32.2. The predicted molar refractivity (Wildman–Crippen MR) is 58.1 cm³/mol. The smallest absolute Gasteiger partial charge is 0.264 e. The molecule has 0 aliphatic rings. The summed E-state index contributed by atoms with van der Waals surface area (Å²) in [4.78, 5) is 11.6. The number of hydrogen-bond acceptors (Lipinski definition) is 5. The number of carbonyl (C=O) groups excluding carboxylic acids is 1. The molecule has 0 amide bonds. The molecular weight excluding hydrogens is 232 g/mol. The van der Waals surface area contributed by atoms with E-state index in [9.17, 15) is 13.2 Å². The number of para-hydroxylation sites is 1. The van der Waals surface area contributed by atoms with Crippen LogP contribution in [-0.2, 0) is 14.3 Å². The molecule has 88 valence electrons. The zero-order chi connectivity index (χ0) is 12.2. The molecule has 0 fully saturated rings. The molecule has 0 saturated carbocycles. The van der Waals surface area contributed by atoms with Crippen molar-refractivity contribution in [1.82, 2.24) is 0 Å². The van der Waals surface area contributed by atoms with Crippen molar-refractivity contribution in [3.05, 3.63) is 29.8 Å². The third-order valence-corrected chi connectivity index (χ3v) is 2.36. The summed E-state index contributed by atoms with van der Waals surface area (Å²) in [6.45, 7) is -0.515. The van der Waals surface area contributed by atoms with Crippen molar-refractivity contribution in [3.8, 4) is 5.75 Å². The third kappa shape index (κ3) is 3.63. The van der Waals surface area contributed by atoms with E-state index in [1.54, 1.807) is 24.3 Å². The Labute approximate surface area is 94.1 Å². The van der Waals surface area contributed by atoms with Crippen molar-refractivity contribution in [3.63, 3.8) is 0 Å². The Morgan fingerprint density at radius 1 is 1.31 bits per heavy atom. The molecule has 0 unspecified atom stereocenters. The van der Waals surface area contributed by atoms with Crippen molar-refractivity contribution in [2.75, 3.05) is 20.0 Å². The minimum absolute atomic E-state index is 0.300. The van der Waals surface area contributed by atoms with Gasteiger partial charge in [-0.1, -0.05) is 12.1 Å². The number of ketones is 1. The standard InChI is InChI=1S/C10H12O5S/c1-14-10-6-4-3-5-8(10)9(11)7-15-16(2,12)13/h3-6H,7H2,1-2H3. The van der Waals surface area contributed by atoms with Gasteiger partial charge in [-0.15, -0.1) is 0 Å². The fourth-order valence-corrected chi connectivity index (χ4v) is 1.43. The number of methoxy groups -OCH3 is 1. The first-order valence-electron chi connectivity index (χ1n) is 4.44. The number of carbonyl (C=O) groups is 1. The molecule has 0 aliphatic heterocycles. The van der Waals surface area contributed by atoms with E-state index < -0.39 is 22.5 Å². The fourth-order valence-electron chi connectivity index (χ4n) is 1.11. The molecule has 1 aromatic carbocycles. The van der Waals surface area contributed by atoms with Crippen LogP contribution in [0.5, 0.6) is 5.75 Å². The fraction of sp³-hybridized carbons (Fsp3) is 0.300. The first-order valence-corrected chi connectivity index (χ1v) is 6.26. The summed E-state index contributed by atoms with van der Waals surface area (Å²) in [5, 5.41) is 0. The number of rotatable bonds is 5. The Morgan fingerprint density at radius 3 is 2.50 bits per heavy atom. The van der Waals surface area contributed by atoms with Gasteiger partial charge in [0.25, 0.3) is 10.1 Å². The van der Waals surface area contributed by atoms with Gasteiger partial charge in [-0.2, -0.15) is 8.42 Å². The topological polar surface area (TPSA) is 69.7 Å². The number of hydrogen-bond donors (Lipinski definition) is 0. The number of Topliss-reactive ketones (excluding diaryl/α,β-unsaturated/α-hetero) is 1. The molecule has 0 N–H and O–H groups in total. The van der Waals surface area contributed by atoms with Gasteiger partial charge in [0.15, 0.2) is 5.78 Å². The lowest BCUT2D eigenvalue weighted by atomic mass is 10.1. The molecule has 5 nitrogen and oxygen atoms in total. The highest BCUT2D eigenvalue weighted by molar-refractivity contribution is 7.86. The number of ether oxygens (including phenoxy) is 1. The Morgan fingerprint density at radius 2 is 1.94 bits per heavy atom. The van der Waals surface area contributed by atoms with Crippen molar-refractivity contribution in [2.45, 2.75) is 0 Å². The summed E-state index contributed by atoms with van der Waals surface area (Å²) >= 11 is 0. The summed E-state index contributed by atoms with van der Waals surface area (Å²) in [6, 6.07) is 6.55. The van der Waals surface area contributed by atoms with Crippen molar-refractivity contribution < 1.29 is 22.1 Å². The summed E-state index contributed by atoms with van der Waals surface area (Å²) in [7, 11) is -2.17. The summed E-state index contributed by atoms with van der Waals surface area (Å²) < 4.78 is 30.8. The van der Waals surface area contributed by atoms with E-state index in [2.05, 4.69) is 4.18 Å². The molecule has 0 saturated heterocycles. The van der Waals surface area contributed by atoms with Crippen LogP contribution in [-0.4, -0.2) is 34.2 Å². The summed E-state index contributed by atoms with van der Waals surface area (Å²) in [6.07, 6.45) is 0.891. The minimum Gasteiger partial charge on any atom is -0.496 e. The van der Waals surface area contributed by atoms with E-state index in [1.165, 1.54) is 7.11 Å². The van der Waals surface area contributed by atoms with E-state index in [0.717, 1.165) is 6.26 Å². The van der Waals surface area contributed by atoms with Crippen LogP contribution < -0.4 is 4.74 Å². The molecule has 0 aliphatic carbocycles. The molecule has 0 radical (unpaired) electrons. The van der Waals surface area contributed by atoms with Crippen molar-refractivity contribution >= 4 is 15.9 Å². The lowest BCUT2D eigenvalue weighted by molar-refractivity contribution is 0.0922. The van der Waals surface area contributed by atoms with Crippen LogP contribution in [0.4, 0.5) is 0 Å². The van der Waals surface area contributed by atoms with Gasteiger partial charge in [0.1, 0.15) is 12.4 Å². The van der Waals surface area contributed by atoms with Gasteiger partial charge in [-0.3, -0.25) is 8.98 Å². The maximum absolute atomic E-state index is 11.6. The van der Waals surface area contributed by atoms with Crippen LogP contribution in [0.2, 0.25) is 0 Å². The molecule has 0 spiro atoms. The minimum atomic E-state index is -3.61.